The fourth-order valence-corrected chi connectivity index (χ4v) is 3.87. The first kappa shape index (κ1) is 12.5. The molecule has 1 aromatic heterocycles. The minimum absolute atomic E-state index is 0.591. The average molecular weight is 315 g/mol. The predicted octanol–water partition coefficient (Wildman–Crippen LogP) is 4.86. The van der Waals surface area contributed by atoms with Gasteiger partial charge >= 0.3 is 0 Å². The number of aromatic nitrogens is 2. The molecule has 18 heavy (non-hydrogen) atoms. The van der Waals surface area contributed by atoms with E-state index < -0.39 is 0 Å². The number of fused-ring (bicyclic) bond motifs is 1. The molecule has 0 saturated carbocycles. The van der Waals surface area contributed by atoms with Gasteiger partial charge in [-0.3, -0.25) is 0 Å². The summed E-state index contributed by atoms with van der Waals surface area (Å²) >= 11 is 19.2. The molecular weight excluding hydrogens is 307 g/mol. The summed E-state index contributed by atoms with van der Waals surface area (Å²) in [4.78, 5) is 7.75. The van der Waals surface area contributed by atoms with Gasteiger partial charge in [0.05, 0.1) is 0 Å². The lowest BCUT2D eigenvalue weighted by molar-refractivity contribution is 1.06. The zero-order chi connectivity index (χ0) is 12.7. The summed E-state index contributed by atoms with van der Waals surface area (Å²) in [7, 11) is 0. The molecule has 0 amide bonds. The molecule has 1 aliphatic rings. The van der Waals surface area contributed by atoms with Crippen LogP contribution in [-0.4, -0.2) is 9.97 Å². The molecule has 1 aliphatic heterocycles. The van der Waals surface area contributed by atoms with Gasteiger partial charge in [-0.1, -0.05) is 35.4 Å². The maximum atomic E-state index is 6.00. The van der Waals surface area contributed by atoms with Crippen LogP contribution in [0, 0.1) is 4.64 Å². The van der Waals surface area contributed by atoms with Gasteiger partial charge in [0.1, 0.15) is 10.5 Å². The van der Waals surface area contributed by atoms with Crippen molar-refractivity contribution in [1.82, 2.24) is 9.97 Å². The van der Waals surface area contributed by atoms with E-state index in [-0.39, 0.29) is 0 Å². The van der Waals surface area contributed by atoms with Crippen molar-refractivity contribution in [2.75, 3.05) is 0 Å². The van der Waals surface area contributed by atoms with Crippen molar-refractivity contribution in [2.24, 2.45) is 0 Å². The monoisotopic (exact) mass is 314 g/mol. The molecule has 0 aliphatic carbocycles. The number of H-pyrrole nitrogens is 1. The SMILES string of the molecule is S=c1nc(-c2cc(Cl)cc(Cl)c2)[nH]c2c1CSC2. The smallest absolute Gasteiger partial charge is 0.139 e. The van der Waals surface area contributed by atoms with Gasteiger partial charge in [-0.25, -0.2) is 4.98 Å². The zero-order valence-corrected chi connectivity index (χ0v) is 12.3. The van der Waals surface area contributed by atoms with Crippen molar-refractivity contribution >= 4 is 47.2 Å². The molecular formula is C12H8Cl2N2S2. The van der Waals surface area contributed by atoms with Gasteiger partial charge in [0.15, 0.2) is 0 Å². The highest BCUT2D eigenvalue weighted by Gasteiger charge is 2.16. The Morgan fingerprint density at radius 3 is 2.61 bits per heavy atom. The Kier molecular flexibility index (Phi) is 3.36. The summed E-state index contributed by atoms with van der Waals surface area (Å²) < 4.78 is 0.667. The lowest BCUT2D eigenvalue weighted by atomic mass is 10.2. The maximum absolute atomic E-state index is 6.00. The van der Waals surface area contributed by atoms with E-state index in [1.807, 2.05) is 23.9 Å². The second kappa shape index (κ2) is 4.85. The molecule has 0 spiro atoms. The molecule has 3 rings (SSSR count). The predicted molar refractivity (Wildman–Crippen MR) is 79.9 cm³/mol. The molecule has 0 fully saturated rings. The minimum atomic E-state index is 0.591. The number of nitrogens with one attached hydrogen (secondary N) is 1. The number of thioether (sulfide) groups is 1. The van der Waals surface area contributed by atoms with Crippen molar-refractivity contribution in [1.29, 1.82) is 0 Å². The molecule has 0 saturated heterocycles. The Labute approximate surface area is 124 Å². The Balaban J connectivity index is 2.18. The molecule has 6 heteroatoms. The molecule has 2 heterocycles. The summed E-state index contributed by atoms with van der Waals surface area (Å²) in [6.07, 6.45) is 0. The molecule has 0 atom stereocenters. The Bertz CT molecular complexity index is 662. The molecule has 0 radical (unpaired) electrons. The second-order valence-electron chi connectivity index (χ2n) is 4.00. The lowest BCUT2D eigenvalue weighted by Crippen LogP contribution is -1.97. The molecule has 2 aromatic rings. The molecule has 1 aromatic carbocycles. The summed E-state index contributed by atoms with van der Waals surface area (Å²) in [6, 6.07) is 5.36. The van der Waals surface area contributed by atoms with E-state index in [0.717, 1.165) is 34.2 Å². The minimum Gasteiger partial charge on any atom is -0.342 e. The lowest BCUT2D eigenvalue weighted by Gasteiger charge is -2.06. The van der Waals surface area contributed by atoms with E-state index >= 15 is 0 Å². The largest absolute Gasteiger partial charge is 0.342 e. The summed E-state index contributed by atoms with van der Waals surface area (Å²) in [5, 5.41) is 1.18. The number of aromatic amines is 1. The van der Waals surface area contributed by atoms with Crippen LogP contribution in [0.15, 0.2) is 18.2 Å². The van der Waals surface area contributed by atoms with Crippen molar-refractivity contribution in [3.63, 3.8) is 0 Å². The summed E-state index contributed by atoms with van der Waals surface area (Å²) in [5.41, 5.74) is 3.16. The third kappa shape index (κ3) is 2.30. The van der Waals surface area contributed by atoms with Crippen LogP contribution in [0.4, 0.5) is 0 Å². The van der Waals surface area contributed by atoms with Crippen LogP contribution in [0.1, 0.15) is 11.3 Å². The standard InChI is InChI=1S/C12H8Cl2N2S2/c13-7-1-6(2-8(14)3-7)11-15-10-5-18-4-9(10)12(17)16-11/h1-3H,4-5H2,(H,15,16,17). The molecule has 2 nitrogen and oxygen atoms in total. The van der Waals surface area contributed by atoms with Gasteiger partial charge in [-0.15, -0.1) is 0 Å². The van der Waals surface area contributed by atoms with Crippen LogP contribution in [0.3, 0.4) is 0 Å². The van der Waals surface area contributed by atoms with Gasteiger partial charge in [0.2, 0.25) is 0 Å². The van der Waals surface area contributed by atoms with E-state index in [2.05, 4.69) is 9.97 Å². The van der Waals surface area contributed by atoms with E-state index in [0.29, 0.717) is 14.7 Å². The van der Waals surface area contributed by atoms with Crippen LogP contribution in [0.2, 0.25) is 10.0 Å². The highest BCUT2D eigenvalue weighted by molar-refractivity contribution is 7.98. The average Bonchev–Trinajstić information content (AvgIpc) is 2.76. The number of hydrogen-bond acceptors (Lipinski definition) is 3. The quantitative estimate of drug-likeness (QED) is 0.762. The molecule has 1 N–H and O–H groups in total. The Morgan fingerprint density at radius 2 is 1.89 bits per heavy atom. The molecule has 0 bridgehead atoms. The third-order valence-electron chi connectivity index (χ3n) is 2.73. The first-order chi connectivity index (χ1) is 8.63. The van der Waals surface area contributed by atoms with E-state index in [1.165, 1.54) is 0 Å². The van der Waals surface area contributed by atoms with Gasteiger partial charge in [-0.2, -0.15) is 11.8 Å². The van der Waals surface area contributed by atoms with Crippen molar-refractivity contribution < 1.29 is 0 Å². The van der Waals surface area contributed by atoms with Gasteiger partial charge in [0.25, 0.3) is 0 Å². The Morgan fingerprint density at radius 1 is 1.17 bits per heavy atom. The van der Waals surface area contributed by atoms with Crippen LogP contribution < -0.4 is 0 Å². The van der Waals surface area contributed by atoms with E-state index in [1.54, 1.807) is 6.07 Å². The van der Waals surface area contributed by atoms with Gasteiger partial charge in [0, 0.05) is 38.4 Å². The Hall–Kier alpha value is -0.550. The van der Waals surface area contributed by atoms with Crippen molar-refractivity contribution in [3.05, 3.63) is 44.1 Å². The number of hydrogen-bond donors (Lipinski definition) is 1. The van der Waals surface area contributed by atoms with Crippen LogP contribution >= 0.6 is 47.2 Å². The van der Waals surface area contributed by atoms with Crippen molar-refractivity contribution in [3.8, 4) is 11.4 Å². The number of halogens is 2. The van der Waals surface area contributed by atoms with Crippen LogP contribution in [-0.2, 0) is 11.5 Å². The first-order valence-electron chi connectivity index (χ1n) is 5.30. The molecule has 92 valence electrons. The number of rotatable bonds is 1. The topological polar surface area (TPSA) is 28.7 Å². The van der Waals surface area contributed by atoms with Crippen molar-refractivity contribution in [2.45, 2.75) is 11.5 Å². The first-order valence-corrected chi connectivity index (χ1v) is 7.61. The van der Waals surface area contributed by atoms with Gasteiger partial charge < -0.3 is 4.98 Å². The fourth-order valence-electron chi connectivity index (χ4n) is 1.90. The molecule has 0 unspecified atom stereocenters. The van der Waals surface area contributed by atoms with Gasteiger partial charge in [-0.05, 0) is 18.2 Å². The summed E-state index contributed by atoms with van der Waals surface area (Å²) in [5.74, 6) is 2.61. The second-order valence-corrected chi connectivity index (χ2v) is 6.24. The maximum Gasteiger partial charge on any atom is 0.139 e. The normalized spacial score (nSPS) is 13.7. The fraction of sp³-hybridized carbons (Fsp3) is 0.167. The van der Waals surface area contributed by atoms with Crippen LogP contribution in [0.5, 0.6) is 0 Å². The zero-order valence-electron chi connectivity index (χ0n) is 9.17. The van der Waals surface area contributed by atoms with E-state index in [9.17, 15) is 0 Å². The summed E-state index contributed by atoms with van der Waals surface area (Å²) in [6.45, 7) is 0. The number of nitrogens with zero attached hydrogens (tertiary/aromatic N) is 1. The van der Waals surface area contributed by atoms with E-state index in [4.69, 9.17) is 35.4 Å². The highest BCUT2D eigenvalue weighted by Crippen LogP contribution is 2.31. The third-order valence-corrected chi connectivity index (χ3v) is 4.49. The number of benzene rings is 1. The van der Waals surface area contributed by atoms with Crippen LogP contribution in [0.25, 0.3) is 11.4 Å². The highest BCUT2D eigenvalue weighted by atomic mass is 35.5.